The molecule has 0 saturated heterocycles. The van der Waals surface area contributed by atoms with Crippen LogP contribution in [0.25, 0.3) is 0 Å². The number of nitrogens with zero attached hydrogens (tertiary/aromatic N) is 1. The number of benzene rings is 1. The molecule has 1 amide bonds. The van der Waals surface area contributed by atoms with Gasteiger partial charge in [0.1, 0.15) is 5.75 Å². The van der Waals surface area contributed by atoms with Gasteiger partial charge in [-0.2, -0.15) is 0 Å². The van der Waals surface area contributed by atoms with Crippen LogP contribution in [-0.2, 0) is 4.79 Å². The molecule has 0 heterocycles. The molecule has 1 aromatic carbocycles. The molecule has 0 aromatic heterocycles. The van der Waals surface area contributed by atoms with Crippen LogP contribution in [0.2, 0.25) is 0 Å². The fourth-order valence-electron chi connectivity index (χ4n) is 1.66. The summed E-state index contributed by atoms with van der Waals surface area (Å²) in [5.41, 5.74) is 6.21. The minimum atomic E-state index is -0.204. The second-order valence-electron chi connectivity index (χ2n) is 5.31. The number of carbonyl (C=O) groups excluding carboxylic acids is 1. The van der Waals surface area contributed by atoms with E-state index in [2.05, 4.69) is 15.9 Å². The molecule has 0 aliphatic rings. The van der Waals surface area contributed by atoms with Crippen LogP contribution in [0, 0.1) is 5.41 Å². The van der Waals surface area contributed by atoms with Crippen molar-refractivity contribution in [2.75, 3.05) is 25.6 Å². The molecule has 1 rings (SSSR count). The average molecular weight is 329 g/mol. The Kier molecular flexibility index (Phi) is 5.38. The van der Waals surface area contributed by atoms with Crippen LogP contribution in [0.1, 0.15) is 20.3 Å². The first-order valence-electron chi connectivity index (χ1n) is 6.11. The largest absolute Gasteiger partial charge is 0.495 e. The van der Waals surface area contributed by atoms with E-state index >= 15 is 0 Å². The van der Waals surface area contributed by atoms with Gasteiger partial charge in [-0.05, 0) is 30.2 Å². The monoisotopic (exact) mass is 328 g/mol. The quantitative estimate of drug-likeness (QED) is 0.904. The zero-order valence-electron chi connectivity index (χ0n) is 11.9. The molecular formula is C14H21BrN2O2. The second kappa shape index (κ2) is 6.39. The standard InChI is InChI=1S/C14H21BrN2O2/c1-14(2,9-16)8-13(18)17(3)11-7-10(15)5-6-12(11)19-4/h5-7H,8-9,16H2,1-4H3. The Morgan fingerprint density at radius 3 is 2.63 bits per heavy atom. The summed E-state index contributed by atoms with van der Waals surface area (Å²) < 4.78 is 6.19. The minimum Gasteiger partial charge on any atom is -0.495 e. The SMILES string of the molecule is COc1ccc(Br)cc1N(C)C(=O)CC(C)(C)CN. The molecule has 0 bridgehead atoms. The molecule has 0 saturated carbocycles. The fourth-order valence-corrected chi connectivity index (χ4v) is 2.01. The number of hydrogen-bond donors (Lipinski definition) is 1. The lowest BCUT2D eigenvalue weighted by molar-refractivity contribution is -0.120. The molecule has 5 heteroatoms. The van der Waals surface area contributed by atoms with E-state index < -0.39 is 0 Å². The Labute approximate surface area is 123 Å². The molecule has 0 aliphatic carbocycles. The predicted molar refractivity (Wildman–Crippen MR) is 81.6 cm³/mol. The molecular weight excluding hydrogens is 308 g/mol. The van der Waals surface area contributed by atoms with E-state index in [-0.39, 0.29) is 11.3 Å². The Bertz CT molecular complexity index is 461. The second-order valence-corrected chi connectivity index (χ2v) is 6.23. The van der Waals surface area contributed by atoms with Crippen LogP contribution >= 0.6 is 15.9 Å². The van der Waals surface area contributed by atoms with Crippen LogP contribution in [0.4, 0.5) is 5.69 Å². The highest BCUT2D eigenvalue weighted by atomic mass is 79.9. The van der Waals surface area contributed by atoms with Gasteiger partial charge in [0.15, 0.2) is 0 Å². The third kappa shape index (κ3) is 4.21. The lowest BCUT2D eigenvalue weighted by Crippen LogP contribution is -2.34. The third-order valence-corrected chi connectivity index (χ3v) is 3.55. The van der Waals surface area contributed by atoms with Gasteiger partial charge in [0, 0.05) is 17.9 Å². The van der Waals surface area contributed by atoms with Crippen LogP contribution in [0.15, 0.2) is 22.7 Å². The smallest absolute Gasteiger partial charge is 0.227 e. The molecule has 1 aromatic rings. The van der Waals surface area contributed by atoms with E-state index in [0.29, 0.717) is 18.7 Å². The number of anilines is 1. The highest BCUT2D eigenvalue weighted by molar-refractivity contribution is 9.10. The highest BCUT2D eigenvalue weighted by Gasteiger charge is 2.24. The molecule has 2 N–H and O–H groups in total. The normalized spacial score (nSPS) is 11.3. The summed E-state index contributed by atoms with van der Waals surface area (Å²) in [7, 11) is 3.34. The molecule has 19 heavy (non-hydrogen) atoms. The Hall–Kier alpha value is -1.07. The van der Waals surface area contributed by atoms with E-state index in [4.69, 9.17) is 10.5 Å². The van der Waals surface area contributed by atoms with Crippen molar-refractivity contribution in [3.63, 3.8) is 0 Å². The molecule has 106 valence electrons. The third-order valence-electron chi connectivity index (χ3n) is 3.06. The fraction of sp³-hybridized carbons (Fsp3) is 0.500. The van der Waals surface area contributed by atoms with Crippen LogP contribution in [0.3, 0.4) is 0 Å². The Morgan fingerprint density at radius 2 is 2.11 bits per heavy atom. The summed E-state index contributed by atoms with van der Waals surface area (Å²) in [4.78, 5) is 13.9. The summed E-state index contributed by atoms with van der Waals surface area (Å²) >= 11 is 3.40. The first-order chi connectivity index (χ1) is 8.80. The van der Waals surface area contributed by atoms with Crippen molar-refractivity contribution < 1.29 is 9.53 Å². The molecule has 0 fully saturated rings. The van der Waals surface area contributed by atoms with Crippen molar-refractivity contribution in [2.45, 2.75) is 20.3 Å². The first kappa shape index (κ1) is 16.0. The zero-order chi connectivity index (χ0) is 14.6. The topological polar surface area (TPSA) is 55.6 Å². The number of amides is 1. The summed E-state index contributed by atoms with van der Waals surface area (Å²) in [6.07, 6.45) is 0.398. The molecule has 4 nitrogen and oxygen atoms in total. The van der Waals surface area contributed by atoms with E-state index in [1.54, 1.807) is 19.1 Å². The lowest BCUT2D eigenvalue weighted by atomic mass is 9.89. The first-order valence-corrected chi connectivity index (χ1v) is 6.90. The van der Waals surface area contributed by atoms with Gasteiger partial charge in [0.2, 0.25) is 5.91 Å². The molecule has 0 radical (unpaired) electrons. The van der Waals surface area contributed by atoms with Gasteiger partial charge >= 0.3 is 0 Å². The van der Waals surface area contributed by atoms with Gasteiger partial charge in [-0.3, -0.25) is 4.79 Å². The number of nitrogens with two attached hydrogens (primary N) is 1. The maximum Gasteiger partial charge on any atom is 0.227 e. The van der Waals surface area contributed by atoms with E-state index in [1.807, 2.05) is 32.0 Å². The van der Waals surface area contributed by atoms with Crippen molar-refractivity contribution in [3.05, 3.63) is 22.7 Å². The number of halogens is 1. The van der Waals surface area contributed by atoms with Crippen molar-refractivity contribution in [2.24, 2.45) is 11.1 Å². The van der Waals surface area contributed by atoms with Crippen LogP contribution < -0.4 is 15.4 Å². The van der Waals surface area contributed by atoms with Gasteiger partial charge in [0.05, 0.1) is 12.8 Å². The molecule has 0 aliphatic heterocycles. The van der Waals surface area contributed by atoms with Crippen molar-refractivity contribution >= 4 is 27.5 Å². The van der Waals surface area contributed by atoms with Crippen LogP contribution in [-0.4, -0.2) is 26.6 Å². The average Bonchev–Trinajstić information content (AvgIpc) is 2.37. The van der Waals surface area contributed by atoms with E-state index in [1.165, 1.54) is 0 Å². The molecule has 0 atom stereocenters. The van der Waals surface area contributed by atoms with Crippen molar-refractivity contribution in [3.8, 4) is 5.75 Å². The maximum atomic E-state index is 12.3. The van der Waals surface area contributed by atoms with Crippen LogP contribution in [0.5, 0.6) is 5.75 Å². The molecule has 0 unspecified atom stereocenters. The summed E-state index contributed by atoms with van der Waals surface area (Å²) in [5, 5.41) is 0. The Morgan fingerprint density at radius 1 is 1.47 bits per heavy atom. The Balaban J connectivity index is 2.96. The van der Waals surface area contributed by atoms with Crippen molar-refractivity contribution in [1.82, 2.24) is 0 Å². The number of carbonyl (C=O) groups is 1. The van der Waals surface area contributed by atoms with Gasteiger partial charge in [-0.15, -0.1) is 0 Å². The van der Waals surface area contributed by atoms with E-state index in [9.17, 15) is 4.79 Å². The number of rotatable bonds is 5. The summed E-state index contributed by atoms with van der Waals surface area (Å²) in [6.45, 7) is 4.44. The maximum absolute atomic E-state index is 12.3. The lowest BCUT2D eigenvalue weighted by Gasteiger charge is -2.26. The van der Waals surface area contributed by atoms with E-state index in [0.717, 1.165) is 10.2 Å². The predicted octanol–water partition coefficient (Wildman–Crippen LogP) is 2.80. The van der Waals surface area contributed by atoms with Gasteiger partial charge < -0.3 is 15.4 Å². The number of methoxy groups -OCH3 is 1. The minimum absolute atomic E-state index is 0.0202. The van der Waals surface area contributed by atoms with Crippen molar-refractivity contribution in [1.29, 1.82) is 0 Å². The molecule has 0 spiro atoms. The number of ether oxygens (including phenoxy) is 1. The summed E-state index contributed by atoms with van der Waals surface area (Å²) in [5.74, 6) is 0.691. The summed E-state index contributed by atoms with van der Waals surface area (Å²) in [6, 6.07) is 5.58. The highest BCUT2D eigenvalue weighted by Crippen LogP contribution is 2.32. The van der Waals surface area contributed by atoms with Gasteiger partial charge in [-0.1, -0.05) is 29.8 Å². The number of hydrogen-bond acceptors (Lipinski definition) is 3. The zero-order valence-corrected chi connectivity index (χ0v) is 13.5. The van der Waals surface area contributed by atoms with Gasteiger partial charge in [-0.25, -0.2) is 0 Å². The van der Waals surface area contributed by atoms with Gasteiger partial charge in [0.25, 0.3) is 0 Å².